The zero-order valence-corrected chi connectivity index (χ0v) is 10.8. The monoisotopic (exact) mass is 283 g/mol. The SMILES string of the molecule is Nc1ncnc2c1ccp2[C@@H]1O[C@H](CO)[C@@H](O)[C@H]1O. The first-order chi connectivity index (χ1) is 9.13. The average molecular weight is 283 g/mol. The van der Waals surface area contributed by atoms with E-state index in [1.54, 1.807) is 0 Å². The van der Waals surface area contributed by atoms with Crippen LogP contribution in [0.25, 0.3) is 10.6 Å². The number of aromatic nitrogens is 2. The normalized spacial score (nSPS) is 32.1. The second-order valence-corrected chi connectivity index (χ2v) is 6.49. The minimum Gasteiger partial charge on any atom is -0.394 e. The molecule has 1 aliphatic rings. The molecule has 2 aromatic heterocycles. The van der Waals surface area contributed by atoms with E-state index in [9.17, 15) is 10.2 Å². The van der Waals surface area contributed by atoms with Crippen LogP contribution in [-0.4, -0.2) is 50.2 Å². The van der Waals surface area contributed by atoms with Gasteiger partial charge in [-0.25, -0.2) is 9.97 Å². The number of hydrogen-bond acceptors (Lipinski definition) is 7. The molecule has 2 aromatic rings. The summed E-state index contributed by atoms with van der Waals surface area (Å²) in [6.45, 7) is -0.333. The number of rotatable bonds is 2. The fourth-order valence-corrected chi connectivity index (χ4v) is 4.61. The molecule has 7 nitrogen and oxygen atoms in total. The van der Waals surface area contributed by atoms with Crippen LogP contribution in [0.3, 0.4) is 0 Å². The summed E-state index contributed by atoms with van der Waals surface area (Å²) < 4.78 is 5.54. The highest BCUT2D eigenvalue weighted by Gasteiger charge is 2.43. The van der Waals surface area contributed by atoms with Crippen LogP contribution < -0.4 is 5.73 Å². The first-order valence-electron chi connectivity index (χ1n) is 5.83. The van der Waals surface area contributed by atoms with Crippen molar-refractivity contribution in [3.05, 3.63) is 18.2 Å². The molecule has 0 aromatic carbocycles. The van der Waals surface area contributed by atoms with E-state index in [1.807, 2.05) is 11.9 Å². The number of nitrogen functional groups attached to an aromatic ring is 1. The Morgan fingerprint density at radius 1 is 1.32 bits per heavy atom. The van der Waals surface area contributed by atoms with Crippen LogP contribution in [0.15, 0.2) is 18.2 Å². The fraction of sp³-hybridized carbons (Fsp3) is 0.455. The van der Waals surface area contributed by atoms with Crippen molar-refractivity contribution in [2.45, 2.75) is 24.2 Å². The van der Waals surface area contributed by atoms with Crippen molar-refractivity contribution >= 4 is 24.0 Å². The van der Waals surface area contributed by atoms with Crippen molar-refractivity contribution in [3.63, 3.8) is 0 Å². The topological polar surface area (TPSA) is 122 Å². The lowest BCUT2D eigenvalue weighted by molar-refractivity contribution is -0.0124. The van der Waals surface area contributed by atoms with Crippen molar-refractivity contribution in [1.82, 2.24) is 9.97 Å². The van der Waals surface area contributed by atoms with Gasteiger partial charge in [-0.2, -0.15) is 0 Å². The molecule has 1 aliphatic heterocycles. The molecular formula is C11H14N3O4P. The van der Waals surface area contributed by atoms with Crippen molar-refractivity contribution in [2.75, 3.05) is 12.3 Å². The number of aliphatic hydroxyl groups is 3. The number of hydrogen-bond donors (Lipinski definition) is 4. The predicted molar refractivity (Wildman–Crippen MR) is 69.7 cm³/mol. The summed E-state index contributed by atoms with van der Waals surface area (Å²) in [7, 11) is -1.03. The van der Waals surface area contributed by atoms with Crippen LogP contribution in [0, 0.1) is 0 Å². The van der Waals surface area contributed by atoms with E-state index in [0.717, 1.165) is 10.6 Å². The van der Waals surface area contributed by atoms with Gasteiger partial charge in [0.15, 0.2) is 0 Å². The molecule has 19 heavy (non-hydrogen) atoms. The Morgan fingerprint density at radius 3 is 2.79 bits per heavy atom. The van der Waals surface area contributed by atoms with E-state index in [2.05, 4.69) is 9.97 Å². The van der Waals surface area contributed by atoms with E-state index < -0.39 is 31.7 Å². The Morgan fingerprint density at radius 2 is 2.11 bits per heavy atom. The second kappa shape index (κ2) is 4.70. The molecule has 0 spiro atoms. The molecular weight excluding hydrogens is 269 g/mol. The Labute approximate surface area is 109 Å². The van der Waals surface area contributed by atoms with E-state index in [0.29, 0.717) is 5.82 Å². The lowest BCUT2D eigenvalue weighted by atomic mass is 10.2. The fourth-order valence-electron chi connectivity index (χ4n) is 2.31. The number of ether oxygens (including phenoxy) is 1. The highest BCUT2D eigenvalue weighted by Crippen LogP contribution is 2.53. The summed E-state index contributed by atoms with van der Waals surface area (Å²) in [6.07, 6.45) is -1.53. The van der Waals surface area contributed by atoms with Crippen molar-refractivity contribution < 1.29 is 20.1 Å². The van der Waals surface area contributed by atoms with Gasteiger partial charge in [0.2, 0.25) is 0 Å². The highest BCUT2D eigenvalue weighted by molar-refractivity contribution is 7.55. The van der Waals surface area contributed by atoms with Gasteiger partial charge in [0.05, 0.1) is 11.9 Å². The Bertz CT molecular complexity index is 605. The van der Waals surface area contributed by atoms with E-state index >= 15 is 0 Å². The Hall–Kier alpha value is -1.24. The summed E-state index contributed by atoms with van der Waals surface area (Å²) in [6, 6.07) is 1.81. The molecule has 1 unspecified atom stereocenters. The maximum Gasteiger partial charge on any atom is 0.135 e. The molecule has 3 heterocycles. The molecule has 0 saturated carbocycles. The van der Waals surface area contributed by atoms with Crippen LogP contribution in [0.1, 0.15) is 5.85 Å². The summed E-state index contributed by atoms with van der Waals surface area (Å²) in [5.41, 5.74) is 5.76. The van der Waals surface area contributed by atoms with Gasteiger partial charge in [0.25, 0.3) is 0 Å². The third-order valence-electron chi connectivity index (χ3n) is 3.33. The maximum absolute atomic E-state index is 10.0. The van der Waals surface area contributed by atoms with Crippen molar-refractivity contribution in [2.24, 2.45) is 0 Å². The molecule has 102 valence electrons. The van der Waals surface area contributed by atoms with Gasteiger partial charge < -0.3 is 25.8 Å². The molecule has 5 N–H and O–H groups in total. The summed E-state index contributed by atoms with van der Waals surface area (Å²) in [5.74, 6) is 1.68. The number of anilines is 1. The van der Waals surface area contributed by atoms with Crippen LogP contribution in [0.5, 0.6) is 0 Å². The van der Waals surface area contributed by atoms with Crippen LogP contribution in [0.2, 0.25) is 0 Å². The predicted octanol–water partition coefficient (Wildman–Crippen LogP) is -0.190. The minimum atomic E-state index is -1.09. The quantitative estimate of drug-likeness (QED) is 0.602. The number of nitrogens with two attached hydrogens (primary N) is 1. The molecule has 3 rings (SSSR count). The molecule has 1 fully saturated rings. The average Bonchev–Trinajstić information content (AvgIpc) is 2.94. The van der Waals surface area contributed by atoms with Gasteiger partial charge in [-0.1, -0.05) is 7.53 Å². The standard InChI is InChI=1S/C11H14N3O4P/c12-9-5-1-2-19(10(5)14-4-13-9)11-8(17)7(16)6(3-15)18-11/h1-2,4,6-8,11,15-17H,3H2,(H2,12,13,14)/t6-,7-,8-,11+,19?/m1/s1. The summed E-state index contributed by atoms with van der Waals surface area (Å²) in [5, 5.41) is 30.4. The third-order valence-corrected chi connectivity index (χ3v) is 5.62. The van der Waals surface area contributed by atoms with E-state index in [4.69, 9.17) is 15.6 Å². The van der Waals surface area contributed by atoms with Crippen LogP contribution in [-0.2, 0) is 4.74 Å². The number of aliphatic hydroxyl groups excluding tert-OH is 3. The zero-order chi connectivity index (χ0) is 13.6. The maximum atomic E-state index is 10.0. The van der Waals surface area contributed by atoms with Gasteiger partial charge in [0.1, 0.15) is 36.3 Å². The number of fused-ring (bicyclic) bond motifs is 1. The van der Waals surface area contributed by atoms with Crippen LogP contribution in [0.4, 0.5) is 5.82 Å². The van der Waals surface area contributed by atoms with Crippen LogP contribution >= 0.6 is 7.53 Å². The lowest BCUT2D eigenvalue weighted by Gasteiger charge is -2.14. The van der Waals surface area contributed by atoms with Gasteiger partial charge in [-0.3, -0.25) is 0 Å². The lowest BCUT2D eigenvalue weighted by Crippen LogP contribution is -2.32. The minimum absolute atomic E-state index is 0.333. The summed E-state index contributed by atoms with van der Waals surface area (Å²) >= 11 is 0. The molecule has 5 atom stereocenters. The second-order valence-electron chi connectivity index (χ2n) is 4.45. The smallest absolute Gasteiger partial charge is 0.135 e. The molecule has 0 radical (unpaired) electrons. The summed E-state index contributed by atoms with van der Waals surface area (Å²) in [4.78, 5) is 8.11. The Kier molecular flexibility index (Phi) is 3.16. The molecule has 0 amide bonds. The van der Waals surface area contributed by atoms with Gasteiger partial charge in [-0.15, -0.1) is 0 Å². The molecule has 8 heteroatoms. The van der Waals surface area contributed by atoms with Crippen molar-refractivity contribution in [3.8, 4) is 0 Å². The first-order valence-corrected chi connectivity index (χ1v) is 7.31. The Balaban J connectivity index is 2.04. The van der Waals surface area contributed by atoms with E-state index in [-0.39, 0.29) is 6.61 Å². The van der Waals surface area contributed by atoms with E-state index in [1.165, 1.54) is 6.33 Å². The van der Waals surface area contributed by atoms with Gasteiger partial charge >= 0.3 is 0 Å². The number of nitrogens with zero attached hydrogens (tertiary/aromatic N) is 2. The first kappa shape index (κ1) is 12.8. The highest BCUT2D eigenvalue weighted by atomic mass is 31.1. The third kappa shape index (κ3) is 1.91. The molecule has 1 saturated heterocycles. The van der Waals surface area contributed by atoms with Crippen molar-refractivity contribution in [1.29, 1.82) is 0 Å². The van der Waals surface area contributed by atoms with Gasteiger partial charge in [0, 0.05) is 5.39 Å². The largest absolute Gasteiger partial charge is 0.394 e. The molecule has 0 aliphatic carbocycles. The zero-order valence-electron chi connectivity index (χ0n) is 9.92. The molecule has 0 bridgehead atoms. The van der Waals surface area contributed by atoms with Gasteiger partial charge in [-0.05, 0) is 11.9 Å².